The molecule has 1 atom stereocenters. The van der Waals surface area contributed by atoms with Crippen LogP contribution in [0.1, 0.15) is 56.6 Å². The highest BCUT2D eigenvalue weighted by molar-refractivity contribution is 5.81. The first-order valence-electron chi connectivity index (χ1n) is 8.28. The zero-order valence-corrected chi connectivity index (χ0v) is 13.3. The van der Waals surface area contributed by atoms with Crippen molar-refractivity contribution in [1.29, 1.82) is 0 Å². The smallest absolute Gasteiger partial charge is 0.192 e. The Bertz CT molecular complexity index is 529. The molecule has 21 heavy (non-hydrogen) atoms. The van der Waals surface area contributed by atoms with Crippen LogP contribution >= 0.6 is 0 Å². The number of nitrogens with zero attached hydrogens (tertiary/aromatic N) is 2. The van der Waals surface area contributed by atoms with E-state index in [1.807, 2.05) is 0 Å². The first-order valence-corrected chi connectivity index (χ1v) is 8.28. The van der Waals surface area contributed by atoms with Gasteiger partial charge in [0.15, 0.2) is 5.96 Å². The zero-order valence-electron chi connectivity index (χ0n) is 13.3. The minimum absolute atomic E-state index is 0.0789. The third kappa shape index (κ3) is 2.54. The summed E-state index contributed by atoms with van der Waals surface area (Å²) in [5.41, 5.74) is 8.93. The molecule has 0 radical (unpaired) electrons. The lowest BCUT2D eigenvalue weighted by atomic mass is 9.86. The Hall–Kier alpha value is -1.51. The van der Waals surface area contributed by atoms with Gasteiger partial charge in [0.25, 0.3) is 0 Å². The summed E-state index contributed by atoms with van der Waals surface area (Å²) in [6.45, 7) is 5.28. The van der Waals surface area contributed by atoms with Crippen molar-refractivity contribution < 1.29 is 0 Å². The van der Waals surface area contributed by atoms with Crippen LogP contribution in [-0.2, 0) is 5.54 Å². The van der Waals surface area contributed by atoms with Crippen molar-refractivity contribution in [2.75, 3.05) is 6.54 Å². The molecule has 1 aliphatic carbocycles. The number of nitrogens with two attached hydrogens (primary N) is 1. The Labute approximate surface area is 128 Å². The van der Waals surface area contributed by atoms with Crippen molar-refractivity contribution in [1.82, 2.24) is 4.90 Å². The lowest BCUT2D eigenvalue weighted by Crippen LogP contribution is -2.53. The fraction of sp³-hybridized carbons (Fsp3) is 0.611. The first kappa shape index (κ1) is 14.4. The molecule has 1 fully saturated rings. The van der Waals surface area contributed by atoms with E-state index in [2.05, 4.69) is 48.0 Å². The van der Waals surface area contributed by atoms with Gasteiger partial charge in [-0.15, -0.1) is 0 Å². The summed E-state index contributed by atoms with van der Waals surface area (Å²) < 4.78 is 0. The molecule has 3 heteroatoms. The van der Waals surface area contributed by atoms with Crippen molar-refractivity contribution in [2.45, 2.75) is 64.0 Å². The second kappa shape index (κ2) is 5.70. The summed E-state index contributed by atoms with van der Waals surface area (Å²) in [5.74, 6) is 0.743. The van der Waals surface area contributed by atoms with Gasteiger partial charge in [-0.1, -0.05) is 49.9 Å². The maximum Gasteiger partial charge on any atom is 0.192 e. The highest BCUT2D eigenvalue weighted by Gasteiger charge is 2.43. The maximum absolute atomic E-state index is 6.30. The van der Waals surface area contributed by atoms with Gasteiger partial charge in [-0.25, -0.2) is 0 Å². The fourth-order valence-electron chi connectivity index (χ4n) is 4.14. The average molecular weight is 285 g/mol. The minimum atomic E-state index is -0.0789. The molecule has 1 aromatic rings. The van der Waals surface area contributed by atoms with E-state index in [-0.39, 0.29) is 5.54 Å². The van der Waals surface area contributed by atoms with Gasteiger partial charge < -0.3 is 10.6 Å². The molecule has 1 aromatic carbocycles. The fourth-order valence-corrected chi connectivity index (χ4v) is 4.14. The molecule has 2 aliphatic rings. The second-order valence-electron chi connectivity index (χ2n) is 6.78. The highest BCUT2D eigenvalue weighted by Crippen LogP contribution is 2.38. The molecule has 1 heterocycles. The van der Waals surface area contributed by atoms with Crippen molar-refractivity contribution in [3.8, 4) is 0 Å². The lowest BCUT2D eigenvalue weighted by molar-refractivity contribution is 0.151. The van der Waals surface area contributed by atoms with Gasteiger partial charge in [0.1, 0.15) is 0 Å². The molecule has 0 aromatic heterocycles. The van der Waals surface area contributed by atoms with Gasteiger partial charge >= 0.3 is 0 Å². The van der Waals surface area contributed by atoms with Gasteiger partial charge in [-0.3, -0.25) is 4.99 Å². The molecule has 0 bridgehead atoms. The lowest BCUT2D eigenvalue weighted by Gasteiger charge is -2.42. The summed E-state index contributed by atoms with van der Waals surface area (Å²) in [7, 11) is 0. The van der Waals surface area contributed by atoms with Crippen molar-refractivity contribution in [3.05, 3.63) is 35.4 Å². The third-order valence-electron chi connectivity index (χ3n) is 5.24. The maximum atomic E-state index is 6.30. The topological polar surface area (TPSA) is 41.6 Å². The third-order valence-corrected chi connectivity index (χ3v) is 5.24. The molecular formula is C18H27N3. The van der Waals surface area contributed by atoms with Crippen LogP contribution in [0.15, 0.2) is 29.3 Å². The molecule has 1 saturated carbocycles. The van der Waals surface area contributed by atoms with Crippen LogP contribution in [0, 0.1) is 6.92 Å². The van der Waals surface area contributed by atoms with Gasteiger partial charge in [-0.05, 0) is 37.8 Å². The van der Waals surface area contributed by atoms with E-state index in [9.17, 15) is 0 Å². The molecule has 0 spiro atoms. The Morgan fingerprint density at radius 2 is 1.81 bits per heavy atom. The van der Waals surface area contributed by atoms with Crippen LogP contribution in [0.2, 0.25) is 0 Å². The van der Waals surface area contributed by atoms with Crippen LogP contribution in [0.25, 0.3) is 0 Å². The quantitative estimate of drug-likeness (QED) is 0.844. The van der Waals surface area contributed by atoms with Crippen LogP contribution in [0.5, 0.6) is 0 Å². The summed E-state index contributed by atoms with van der Waals surface area (Å²) in [4.78, 5) is 7.05. The second-order valence-corrected chi connectivity index (χ2v) is 6.78. The predicted octanol–water partition coefficient (Wildman–Crippen LogP) is 3.56. The minimum Gasteiger partial charge on any atom is -0.370 e. The number of hydrogen-bond acceptors (Lipinski definition) is 3. The Kier molecular flexibility index (Phi) is 3.92. The number of guanidine groups is 1. The van der Waals surface area contributed by atoms with E-state index in [0.29, 0.717) is 6.04 Å². The number of benzene rings is 1. The van der Waals surface area contributed by atoms with Crippen molar-refractivity contribution in [2.24, 2.45) is 10.7 Å². The van der Waals surface area contributed by atoms with Crippen LogP contribution < -0.4 is 5.73 Å². The van der Waals surface area contributed by atoms with Crippen molar-refractivity contribution in [3.63, 3.8) is 0 Å². The van der Waals surface area contributed by atoms with E-state index >= 15 is 0 Å². The number of hydrogen-bond donors (Lipinski definition) is 1. The Morgan fingerprint density at radius 3 is 2.48 bits per heavy atom. The molecule has 1 unspecified atom stereocenters. The van der Waals surface area contributed by atoms with Gasteiger partial charge in [0.2, 0.25) is 0 Å². The Balaban J connectivity index is 1.95. The monoisotopic (exact) mass is 285 g/mol. The summed E-state index contributed by atoms with van der Waals surface area (Å²) in [5, 5.41) is 0. The summed E-state index contributed by atoms with van der Waals surface area (Å²) in [6.07, 6.45) is 7.86. The number of aryl methyl sites for hydroxylation is 1. The van der Waals surface area contributed by atoms with Crippen LogP contribution in [-0.4, -0.2) is 23.4 Å². The van der Waals surface area contributed by atoms with E-state index in [4.69, 9.17) is 5.73 Å². The van der Waals surface area contributed by atoms with Crippen LogP contribution in [0.4, 0.5) is 0 Å². The predicted molar refractivity (Wildman–Crippen MR) is 88.3 cm³/mol. The van der Waals surface area contributed by atoms with Gasteiger partial charge in [0, 0.05) is 6.04 Å². The molecule has 1 aliphatic heterocycles. The van der Waals surface area contributed by atoms with E-state index in [1.165, 1.54) is 49.7 Å². The van der Waals surface area contributed by atoms with Crippen molar-refractivity contribution >= 4 is 5.96 Å². The standard InChI is InChI=1S/C18H27N3/c1-14-9-7-8-12-16(14)18(2)13-20-17(19)21(18)15-10-5-3-4-6-11-15/h7-9,12,15H,3-6,10-11,13H2,1-2H3,(H2,19,20). The summed E-state index contributed by atoms with van der Waals surface area (Å²) >= 11 is 0. The molecule has 114 valence electrons. The number of aliphatic imine (C=N–C) groups is 1. The molecular weight excluding hydrogens is 258 g/mol. The normalized spacial score (nSPS) is 27.5. The van der Waals surface area contributed by atoms with Gasteiger partial charge in [-0.2, -0.15) is 0 Å². The molecule has 0 amide bonds. The average Bonchev–Trinajstić information content (AvgIpc) is 2.68. The number of rotatable bonds is 2. The van der Waals surface area contributed by atoms with Crippen LogP contribution in [0.3, 0.4) is 0 Å². The summed E-state index contributed by atoms with van der Waals surface area (Å²) in [6, 6.07) is 9.22. The molecule has 2 N–H and O–H groups in total. The SMILES string of the molecule is Cc1ccccc1C1(C)CN=C(N)N1C1CCCCCC1. The van der Waals surface area contributed by atoms with E-state index < -0.39 is 0 Å². The molecule has 3 rings (SSSR count). The first-order chi connectivity index (χ1) is 10.1. The van der Waals surface area contributed by atoms with E-state index in [0.717, 1.165) is 12.5 Å². The highest BCUT2D eigenvalue weighted by atomic mass is 15.4. The largest absolute Gasteiger partial charge is 0.370 e. The Morgan fingerprint density at radius 1 is 1.14 bits per heavy atom. The van der Waals surface area contributed by atoms with E-state index in [1.54, 1.807) is 0 Å². The van der Waals surface area contributed by atoms with Gasteiger partial charge in [0.05, 0.1) is 12.1 Å². The molecule has 0 saturated heterocycles. The molecule has 3 nitrogen and oxygen atoms in total. The zero-order chi connectivity index (χ0) is 14.9.